The zero-order valence-corrected chi connectivity index (χ0v) is 45.3. The van der Waals surface area contributed by atoms with E-state index in [1.807, 2.05) is 72.8 Å². The Hall–Kier alpha value is -9.68. The normalized spacial score (nSPS) is 9.69. The fourth-order valence-electron chi connectivity index (χ4n) is 6.92. The van der Waals surface area contributed by atoms with Crippen molar-refractivity contribution < 1.29 is 78.5 Å². The number of nitriles is 2. The van der Waals surface area contributed by atoms with E-state index < -0.39 is 11.9 Å². The van der Waals surface area contributed by atoms with Gasteiger partial charge in [0.2, 0.25) is 0 Å². The first-order valence-corrected chi connectivity index (χ1v) is 22.3. The number of aromatic carboxylic acids is 2. The molecular formula is C54H46ClN12NaO10. The molecule has 0 saturated heterocycles. The van der Waals surface area contributed by atoms with E-state index in [-0.39, 0.29) is 46.4 Å². The summed E-state index contributed by atoms with van der Waals surface area (Å²) in [5, 5.41) is 52.2. The molecule has 0 aliphatic heterocycles. The van der Waals surface area contributed by atoms with Gasteiger partial charge in [-0.15, -0.1) is 0 Å². The first-order chi connectivity index (χ1) is 36.9. The van der Waals surface area contributed by atoms with E-state index in [1.165, 1.54) is 12.4 Å². The number of ether oxygens (including phenoxy) is 5. The number of carbonyl (C=O) groups is 2. The van der Waals surface area contributed by atoms with Crippen LogP contribution in [0.4, 0.5) is 0 Å². The number of hydrogen-bond acceptors (Lipinski definition) is 17. The standard InChI is InChI=1S/2C11H8N2O.2C11H9NO3.C10H8ClNO.H3N5.Na.H2O/c2*1-14-9-2-3-10-8(6-9)4-5-13-11(10)7-12;2*1-15-8-2-3-9-7(6-8)4-5-12-10(9)11(13)14;1-13-8-2-3-9-7(6-8)4-5-12-10(9)11;1-3-5-4-2;;/h2*2-6H,1H3;2*2-6H,1H3,(H,13,14);2-6H,1H3;(H3,1,2,5);;1H2/q;;;;;;+1;/p-1. The van der Waals surface area contributed by atoms with Gasteiger partial charge in [0.25, 0.3) is 0 Å². The van der Waals surface area contributed by atoms with Gasteiger partial charge >= 0.3 is 41.5 Å². The van der Waals surface area contributed by atoms with E-state index >= 15 is 0 Å². The summed E-state index contributed by atoms with van der Waals surface area (Å²) < 4.78 is 25.4. The number of carboxylic acid groups (broad SMARTS) is 2. The second-order valence-electron chi connectivity index (χ2n) is 14.8. The Labute approximate surface area is 472 Å². The van der Waals surface area contributed by atoms with Crippen LogP contribution in [-0.4, -0.2) is 88.1 Å². The summed E-state index contributed by atoms with van der Waals surface area (Å²) in [7, 11) is 8.02. The smallest absolute Gasteiger partial charge is 0.870 e. The maximum absolute atomic E-state index is 10.9. The molecule has 10 aromatic rings. The number of benzene rings is 5. The molecule has 0 aliphatic carbocycles. The molecule has 5 aromatic heterocycles. The maximum Gasteiger partial charge on any atom is 1.00 e. The third-order valence-corrected chi connectivity index (χ3v) is 10.8. The van der Waals surface area contributed by atoms with E-state index in [0.717, 1.165) is 60.3 Å². The Morgan fingerprint density at radius 2 is 0.782 bits per heavy atom. The Kier molecular flexibility index (Phi) is 25.6. The summed E-state index contributed by atoms with van der Waals surface area (Å²) in [6, 6.07) is 40.5. The SMILES string of the molecule is COc1ccc2c(C#N)nccc2c1.COc1ccc2c(C#N)nccc2c1.COc1ccc2c(C(=O)O)nccc2c1.COc1ccc2c(C(=O)O)nccc2c1.COc1ccc2c(Cl)nccc2c1.N=N/N=N/N.[Na+].[OH-]. The van der Waals surface area contributed by atoms with Gasteiger partial charge in [0, 0.05) is 57.9 Å². The van der Waals surface area contributed by atoms with E-state index in [4.69, 9.17) is 61.6 Å². The molecule has 6 N–H and O–H groups in total. The Bertz CT molecular complexity index is 3590. The molecule has 24 heteroatoms. The van der Waals surface area contributed by atoms with Crippen molar-refractivity contribution in [1.82, 2.24) is 24.9 Å². The Morgan fingerprint density at radius 1 is 0.500 bits per heavy atom. The number of nitrogens with two attached hydrogens (primary N) is 1. The zero-order chi connectivity index (χ0) is 55.0. The fraction of sp³-hybridized carbons (Fsp3) is 0.0926. The molecule has 0 atom stereocenters. The monoisotopic (exact) mass is 1080 g/mol. The summed E-state index contributed by atoms with van der Waals surface area (Å²) >= 11 is 5.90. The van der Waals surface area contributed by atoms with Gasteiger partial charge in [0.1, 0.15) is 57.4 Å². The van der Waals surface area contributed by atoms with Gasteiger partial charge in [-0.3, -0.25) is 0 Å². The van der Waals surface area contributed by atoms with Crippen LogP contribution in [0.15, 0.2) is 168 Å². The summed E-state index contributed by atoms with van der Waals surface area (Å²) in [5.74, 6) is 6.14. The molecule has 22 nitrogen and oxygen atoms in total. The second kappa shape index (κ2) is 31.9. The summed E-state index contributed by atoms with van der Waals surface area (Å²) in [6.07, 6.45) is 7.89. The van der Waals surface area contributed by atoms with Crippen molar-refractivity contribution in [3.63, 3.8) is 0 Å². The number of hydrogen-bond donors (Lipinski definition) is 4. The first kappa shape index (κ1) is 62.6. The minimum Gasteiger partial charge on any atom is -0.870 e. The molecule has 10 rings (SSSR count). The van der Waals surface area contributed by atoms with Crippen molar-refractivity contribution in [3.05, 3.63) is 180 Å². The molecule has 0 aliphatic rings. The first-order valence-electron chi connectivity index (χ1n) is 21.9. The Morgan fingerprint density at radius 3 is 1.06 bits per heavy atom. The van der Waals surface area contributed by atoms with Crippen molar-refractivity contribution >= 4 is 77.4 Å². The van der Waals surface area contributed by atoms with Crippen molar-refractivity contribution in [1.29, 1.82) is 16.1 Å². The van der Waals surface area contributed by atoms with Gasteiger partial charge in [-0.25, -0.2) is 34.5 Å². The fourth-order valence-corrected chi connectivity index (χ4v) is 7.15. The van der Waals surface area contributed by atoms with Crippen LogP contribution in [0.3, 0.4) is 0 Å². The van der Waals surface area contributed by atoms with Gasteiger partial charge in [-0.2, -0.15) is 16.1 Å². The summed E-state index contributed by atoms with van der Waals surface area (Å²) in [5.41, 5.74) is 6.92. The minimum absolute atomic E-state index is 0. The predicted octanol–water partition coefficient (Wildman–Crippen LogP) is 8.10. The van der Waals surface area contributed by atoms with E-state index in [1.54, 1.807) is 103 Å². The molecule has 5 heterocycles. The number of halogens is 1. The van der Waals surface area contributed by atoms with E-state index in [9.17, 15) is 9.59 Å². The van der Waals surface area contributed by atoms with Crippen LogP contribution in [0.1, 0.15) is 32.4 Å². The molecule has 390 valence electrons. The molecular weight excluding hydrogens is 1040 g/mol. The number of fused-ring (bicyclic) bond motifs is 5. The second-order valence-corrected chi connectivity index (χ2v) is 15.2. The Balaban J connectivity index is 0.000000249. The van der Waals surface area contributed by atoms with Crippen LogP contribution in [0.5, 0.6) is 28.7 Å². The van der Waals surface area contributed by atoms with Crippen LogP contribution in [0.2, 0.25) is 5.15 Å². The molecule has 0 saturated carbocycles. The third kappa shape index (κ3) is 16.9. The average Bonchev–Trinajstić information content (AvgIpc) is 3.47. The zero-order valence-electron chi connectivity index (χ0n) is 42.6. The predicted molar refractivity (Wildman–Crippen MR) is 286 cm³/mol. The molecule has 0 fully saturated rings. The average molecular weight is 1080 g/mol. The quantitative estimate of drug-likeness (QED) is 0.0367. The maximum atomic E-state index is 10.9. The van der Waals surface area contributed by atoms with Gasteiger partial charge in [0.05, 0.1) is 35.5 Å². The van der Waals surface area contributed by atoms with Crippen LogP contribution < -0.4 is 59.1 Å². The molecule has 0 bridgehead atoms. The van der Waals surface area contributed by atoms with Crippen molar-refractivity contribution in [2.75, 3.05) is 35.5 Å². The van der Waals surface area contributed by atoms with E-state index in [2.05, 4.69) is 58.6 Å². The minimum atomic E-state index is -1.02. The van der Waals surface area contributed by atoms with E-state index in [0.29, 0.717) is 38.8 Å². The number of methoxy groups -OCH3 is 5. The number of carboxylic acids is 2. The van der Waals surface area contributed by atoms with Crippen LogP contribution in [0, 0.1) is 28.2 Å². The molecule has 0 radical (unpaired) electrons. The van der Waals surface area contributed by atoms with Gasteiger partial charge in [-0.05, 0) is 159 Å². The van der Waals surface area contributed by atoms with Crippen LogP contribution in [-0.2, 0) is 0 Å². The van der Waals surface area contributed by atoms with Crippen molar-refractivity contribution in [2.24, 2.45) is 21.5 Å². The van der Waals surface area contributed by atoms with Gasteiger partial charge in [0.15, 0.2) is 11.4 Å². The number of pyridine rings is 5. The third-order valence-electron chi connectivity index (χ3n) is 10.5. The largest absolute Gasteiger partial charge is 1.00 e. The molecule has 5 aromatic carbocycles. The number of nitrogens with one attached hydrogen (secondary N) is 1. The topological polar surface area (TPSA) is 350 Å². The number of nitrogens with zero attached hydrogens (tertiary/aromatic N) is 10. The molecule has 78 heavy (non-hydrogen) atoms. The van der Waals surface area contributed by atoms with Crippen molar-refractivity contribution in [3.8, 4) is 40.9 Å². The molecule has 0 amide bonds. The molecule has 0 spiro atoms. The summed E-state index contributed by atoms with van der Waals surface area (Å²) in [6.45, 7) is 0. The van der Waals surface area contributed by atoms with Crippen LogP contribution >= 0.6 is 11.6 Å². The van der Waals surface area contributed by atoms with Crippen LogP contribution in [0.25, 0.3) is 53.9 Å². The molecule has 0 unspecified atom stereocenters. The number of rotatable bonds is 8. The van der Waals surface area contributed by atoms with Gasteiger partial charge < -0.3 is 45.2 Å². The summed E-state index contributed by atoms with van der Waals surface area (Å²) in [4.78, 5) is 41.3. The number of aromatic nitrogens is 5. The van der Waals surface area contributed by atoms with Gasteiger partial charge in [-0.1, -0.05) is 16.8 Å². The van der Waals surface area contributed by atoms with Crippen molar-refractivity contribution in [2.45, 2.75) is 0 Å².